The Balaban J connectivity index is 1.85. The quantitative estimate of drug-likeness (QED) is 0.189. The molecule has 10 nitrogen and oxygen atoms in total. The van der Waals surface area contributed by atoms with Crippen LogP contribution in [-0.2, 0) is 32.7 Å². The fraction of sp³-hybridized carbons (Fsp3) is 0.703. The highest BCUT2D eigenvalue weighted by atomic mass is 28.4. The first kappa shape index (κ1) is 38.0. The lowest BCUT2D eigenvalue weighted by atomic mass is 9.44. The van der Waals surface area contributed by atoms with Crippen LogP contribution in [0.4, 0.5) is 0 Å². The van der Waals surface area contributed by atoms with Crippen molar-refractivity contribution in [2.45, 2.75) is 141 Å². The van der Waals surface area contributed by atoms with Crippen molar-refractivity contribution in [1.29, 1.82) is 0 Å². The van der Waals surface area contributed by atoms with Crippen molar-refractivity contribution in [3.63, 3.8) is 0 Å². The zero-order valence-corrected chi connectivity index (χ0v) is 33.0. The van der Waals surface area contributed by atoms with E-state index in [0.717, 1.165) is 12.1 Å². The lowest BCUT2D eigenvalue weighted by Crippen LogP contribution is -2.82. The van der Waals surface area contributed by atoms with Gasteiger partial charge in [0, 0.05) is 25.2 Å². The molecule has 0 aromatic heterocycles. The van der Waals surface area contributed by atoms with E-state index < -0.39 is 92.8 Å². The number of ether oxygens (including phenoxy) is 3. The van der Waals surface area contributed by atoms with Crippen LogP contribution in [0.25, 0.3) is 0 Å². The van der Waals surface area contributed by atoms with E-state index in [1.54, 1.807) is 51.1 Å². The van der Waals surface area contributed by atoms with Crippen LogP contribution in [0.15, 0.2) is 41.5 Å². The Bertz CT molecular complexity index is 1510. The van der Waals surface area contributed by atoms with Crippen molar-refractivity contribution in [3.8, 4) is 0 Å². The van der Waals surface area contributed by atoms with Gasteiger partial charge in [-0.15, -0.1) is 0 Å². The van der Waals surface area contributed by atoms with Gasteiger partial charge in [0.25, 0.3) is 0 Å². The predicted molar refractivity (Wildman–Crippen MR) is 189 cm³/mol. The Morgan fingerprint density at radius 2 is 1.59 bits per heavy atom. The Morgan fingerprint density at radius 3 is 2.12 bits per heavy atom. The van der Waals surface area contributed by atoms with Gasteiger partial charge < -0.3 is 33.3 Å². The lowest BCUT2D eigenvalue weighted by molar-refractivity contribution is -0.344. The van der Waals surface area contributed by atoms with E-state index in [-0.39, 0.29) is 25.0 Å². The molecule has 2 saturated carbocycles. The van der Waals surface area contributed by atoms with Crippen LogP contribution in [0, 0.1) is 16.7 Å². The molecule has 3 aliphatic carbocycles. The maximum Gasteiger partial charge on any atom is 0.338 e. The maximum atomic E-state index is 15.3. The number of benzene rings is 1. The fourth-order valence-electron chi connectivity index (χ4n) is 8.86. The van der Waals surface area contributed by atoms with Crippen molar-refractivity contribution in [2.75, 3.05) is 6.61 Å². The van der Waals surface area contributed by atoms with Gasteiger partial charge in [0.1, 0.15) is 23.9 Å². The van der Waals surface area contributed by atoms with Gasteiger partial charge in [0.2, 0.25) is 0 Å². The number of ketones is 1. The van der Waals surface area contributed by atoms with Crippen LogP contribution >= 0.6 is 0 Å². The van der Waals surface area contributed by atoms with Crippen LogP contribution in [-0.4, -0.2) is 92.9 Å². The summed E-state index contributed by atoms with van der Waals surface area (Å²) in [6.07, 6.45) is -4.97. The molecular formula is C37H56O10Si2. The zero-order chi connectivity index (χ0) is 36.5. The summed E-state index contributed by atoms with van der Waals surface area (Å²) in [5.74, 6) is -2.97. The first-order chi connectivity index (χ1) is 22.6. The molecule has 49 heavy (non-hydrogen) atoms. The molecule has 5 rings (SSSR count). The molecule has 0 spiro atoms. The topological polar surface area (TPSA) is 138 Å². The van der Waals surface area contributed by atoms with Crippen LogP contribution in [0.2, 0.25) is 38.3 Å². The molecule has 9 atom stereocenters. The van der Waals surface area contributed by atoms with Crippen molar-refractivity contribution >= 4 is 34.4 Å². The molecule has 272 valence electrons. The van der Waals surface area contributed by atoms with Crippen LogP contribution in [0.5, 0.6) is 0 Å². The highest BCUT2D eigenvalue weighted by Gasteiger charge is 2.78. The van der Waals surface area contributed by atoms with Gasteiger partial charge in [-0.25, -0.2) is 4.79 Å². The van der Waals surface area contributed by atoms with Gasteiger partial charge in [-0.05, 0) is 75.4 Å². The maximum absolute atomic E-state index is 15.3. The van der Waals surface area contributed by atoms with Crippen molar-refractivity contribution in [2.24, 2.45) is 16.7 Å². The molecule has 2 bridgehead atoms. The third-order valence-electron chi connectivity index (χ3n) is 12.5. The number of hydrogen-bond acceptors (Lipinski definition) is 10. The predicted octanol–water partition coefficient (Wildman–Crippen LogP) is 5.58. The lowest BCUT2D eigenvalue weighted by Gasteiger charge is -2.68. The van der Waals surface area contributed by atoms with E-state index in [0.29, 0.717) is 11.1 Å². The van der Waals surface area contributed by atoms with Gasteiger partial charge in [-0.1, -0.05) is 45.9 Å². The van der Waals surface area contributed by atoms with Gasteiger partial charge in [0.15, 0.2) is 28.0 Å². The van der Waals surface area contributed by atoms with E-state index in [1.165, 1.54) is 6.92 Å². The number of fused-ring (bicyclic) bond motifs is 5. The minimum absolute atomic E-state index is 0.0222. The summed E-state index contributed by atoms with van der Waals surface area (Å²) in [4.78, 5) is 42.5. The standard InChI is InChI=1S/C37H56O10Si2/c1-12-48(8,9)46-25-20-37(42)32(44-33(41)24-17-15-14-16-18-24)30-35(7,31(40)29(39)28(22(25)3)34(37,5)6)26(47-49(10,11)13-2)19-27-36(30,21-43-27)45-23(4)38/h14-18,25-27,29-30,32,39,42H,12-13,19-21H2,1-11H3/t25-,26-,27+,29+,30-,32-,35+,36-,37+/m0/s1. The molecular weight excluding hydrogens is 661 g/mol. The third kappa shape index (κ3) is 6.02. The molecule has 2 N–H and O–H groups in total. The van der Waals surface area contributed by atoms with Crippen molar-refractivity contribution in [1.82, 2.24) is 0 Å². The van der Waals surface area contributed by atoms with Crippen LogP contribution < -0.4 is 0 Å². The normalized spacial score (nSPS) is 37.2. The van der Waals surface area contributed by atoms with E-state index in [2.05, 4.69) is 33.1 Å². The Hall–Kier alpha value is -2.20. The Kier molecular flexibility index (Phi) is 9.93. The Labute approximate surface area is 293 Å². The molecule has 0 amide bonds. The number of carbonyl (C=O) groups excluding carboxylic acids is 3. The molecule has 4 aliphatic rings. The number of esters is 2. The summed E-state index contributed by atoms with van der Waals surface area (Å²) in [6.45, 7) is 20.8. The number of aliphatic hydroxyl groups excluding tert-OH is 1. The third-order valence-corrected chi connectivity index (χ3v) is 17.8. The van der Waals surface area contributed by atoms with Gasteiger partial charge in [0.05, 0.1) is 35.7 Å². The van der Waals surface area contributed by atoms with Gasteiger partial charge in [-0.3, -0.25) is 9.59 Å². The molecule has 1 saturated heterocycles. The van der Waals surface area contributed by atoms with Gasteiger partial charge >= 0.3 is 11.9 Å². The highest BCUT2D eigenvalue weighted by Crippen LogP contribution is 2.65. The van der Waals surface area contributed by atoms with Crippen molar-refractivity contribution < 1.29 is 47.7 Å². The second-order valence-electron chi connectivity index (χ2n) is 16.6. The van der Waals surface area contributed by atoms with E-state index in [9.17, 15) is 19.8 Å². The summed E-state index contributed by atoms with van der Waals surface area (Å²) in [6, 6.07) is 10.1. The molecule has 1 heterocycles. The fourth-order valence-corrected chi connectivity index (χ4v) is 11.3. The molecule has 1 aliphatic heterocycles. The molecule has 1 aromatic rings. The van der Waals surface area contributed by atoms with Crippen molar-refractivity contribution in [3.05, 3.63) is 47.0 Å². The van der Waals surface area contributed by atoms with Crippen LogP contribution in [0.1, 0.15) is 71.7 Å². The molecule has 3 fully saturated rings. The molecule has 0 unspecified atom stereocenters. The average Bonchev–Trinajstić information content (AvgIpc) is 3.02. The number of rotatable bonds is 9. The number of carbonyl (C=O) groups is 3. The van der Waals surface area contributed by atoms with E-state index >= 15 is 4.79 Å². The van der Waals surface area contributed by atoms with E-state index in [1.807, 2.05) is 13.8 Å². The summed E-state index contributed by atoms with van der Waals surface area (Å²) in [5, 5.41) is 25.9. The van der Waals surface area contributed by atoms with Gasteiger partial charge in [-0.2, -0.15) is 0 Å². The Morgan fingerprint density at radius 1 is 1.00 bits per heavy atom. The van der Waals surface area contributed by atoms with E-state index in [4.69, 9.17) is 23.1 Å². The zero-order valence-electron chi connectivity index (χ0n) is 31.0. The number of Topliss-reactive ketones (excluding diaryl/α,β-unsaturated/α-hetero) is 1. The number of hydrogen-bond donors (Lipinski definition) is 2. The summed E-state index contributed by atoms with van der Waals surface area (Å²) < 4.78 is 32.7. The second kappa shape index (κ2) is 12.8. The summed E-state index contributed by atoms with van der Waals surface area (Å²) in [5.41, 5.74) is -4.93. The average molecular weight is 717 g/mol. The summed E-state index contributed by atoms with van der Waals surface area (Å²) in [7, 11) is -4.66. The SMILES string of the molecule is CC[Si](C)(C)O[C@H]1C[C@@]2(O)[C@@H](OC(=O)c3ccccc3)[C@@H]3[C@]4(OC(C)=O)CO[C@@H]4C[C@H](O[Si](C)(C)CC)[C@@]3(C)C(=O)[C@H](O)C(=C1C)C2(C)C. The first-order valence-corrected chi connectivity index (χ1v) is 23.9. The largest absolute Gasteiger partial charge is 0.455 e. The second-order valence-corrected chi connectivity index (χ2v) is 25.5. The molecule has 1 aromatic carbocycles. The minimum Gasteiger partial charge on any atom is -0.455 e. The molecule has 0 radical (unpaired) electrons. The first-order valence-electron chi connectivity index (χ1n) is 17.7. The number of aliphatic hydroxyl groups is 2. The smallest absolute Gasteiger partial charge is 0.338 e. The minimum atomic E-state index is -2.38. The van der Waals surface area contributed by atoms with Crippen LogP contribution in [0.3, 0.4) is 0 Å². The highest BCUT2D eigenvalue weighted by molar-refractivity contribution is 6.71. The monoisotopic (exact) mass is 716 g/mol. The molecule has 12 heteroatoms. The summed E-state index contributed by atoms with van der Waals surface area (Å²) >= 11 is 0.